The summed E-state index contributed by atoms with van der Waals surface area (Å²) in [5.41, 5.74) is 1.20. The van der Waals surface area contributed by atoms with Gasteiger partial charge in [-0.25, -0.2) is 0 Å². The molecule has 0 N–H and O–H groups in total. The van der Waals surface area contributed by atoms with Gasteiger partial charge in [0.15, 0.2) is 6.29 Å². The minimum atomic E-state index is 0.792. The number of nitrogens with zero attached hydrogens (tertiary/aromatic N) is 2. The summed E-state index contributed by atoms with van der Waals surface area (Å²) >= 11 is 1.56. The van der Waals surface area contributed by atoms with Crippen molar-refractivity contribution in [3.05, 3.63) is 41.3 Å². The Balaban J connectivity index is 1.65. The molecule has 1 aromatic carbocycles. The van der Waals surface area contributed by atoms with E-state index in [1.807, 2.05) is 24.3 Å². The molecule has 0 amide bonds. The van der Waals surface area contributed by atoms with Gasteiger partial charge in [0, 0.05) is 37.9 Å². The maximum absolute atomic E-state index is 10.8. The molecule has 0 aliphatic carbocycles. The first-order valence-corrected chi connectivity index (χ1v) is 7.81. The molecule has 1 aliphatic rings. The van der Waals surface area contributed by atoms with Gasteiger partial charge in [-0.15, -0.1) is 11.3 Å². The molecule has 0 atom stereocenters. The second-order valence-electron chi connectivity index (χ2n) is 4.97. The van der Waals surface area contributed by atoms with Crippen molar-refractivity contribution in [3.63, 3.8) is 0 Å². The van der Waals surface area contributed by atoms with Crippen LogP contribution < -0.4 is 14.5 Å². The van der Waals surface area contributed by atoms with Crippen molar-refractivity contribution >= 4 is 28.3 Å². The number of hydrogen-bond acceptors (Lipinski definition) is 5. The van der Waals surface area contributed by atoms with E-state index >= 15 is 0 Å². The van der Waals surface area contributed by atoms with Crippen LogP contribution in [-0.2, 0) is 0 Å². The first-order chi connectivity index (χ1) is 10.3. The van der Waals surface area contributed by atoms with Crippen LogP contribution in [-0.4, -0.2) is 39.6 Å². The summed E-state index contributed by atoms with van der Waals surface area (Å²) in [5.74, 6) is 0.892. The van der Waals surface area contributed by atoms with E-state index in [0.717, 1.165) is 43.1 Å². The van der Waals surface area contributed by atoms with E-state index in [2.05, 4.69) is 21.9 Å². The third-order valence-electron chi connectivity index (χ3n) is 3.74. The average Bonchev–Trinajstić information content (AvgIpc) is 3.04. The predicted molar refractivity (Wildman–Crippen MR) is 87.1 cm³/mol. The topological polar surface area (TPSA) is 32.8 Å². The summed E-state index contributed by atoms with van der Waals surface area (Å²) in [4.78, 5) is 16.3. The number of carbonyl (C=O) groups excluding carboxylic acids is 1. The normalized spacial score (nSPS) is 15.1. The highest BCUT2D eigenvalue weighted by molar-refractivity contribution is 7.17. The lowest BCUT2D eigenvalue weighted by Gasteiger charge is -2.36. The summed E-state index contributed by atoms with van der Waals surface area (Å²) in [7, 11) is 1.69. The fourth-order valence-electron chi connectivity index (χ4n) is 2.57. The molecule has 0 radical (unpaired) electrons. The highest BCUT2D eigenvalue weighted by Crippen LogP contribution is 2.28. The number of anilines is 2. The molecule has 2 aromatic rings. The van der Waals surface area contributed by atoms with Crippen molar-refractivity contribution in [3.8, 4) is 5.75 Å². The number of methoxy groups -OCH3 is 1. The van der Waals surface area contributed by atoms with Crippen molar-refractivity contribution in [1.82, 2.24) is 0 Å². The van der Waals surface area contributed by atoms with Gasteiger partial charge in [-0.2, -0.15) is 0 Å². The lowest BCUT2D eigenvalue weighted by molar-refractivity contribution is 0.112. The van der Waals surface area contributed by atoms with Crippen LogP contribution in [0.25, 0.3) is 0 Å². The van der Waals surface area contributed by atoms with Gasteiger partial charge in [0.25, 0.3) is 0 Å². The maximum Gasteiger partial charge on any atom is 0.160 e. The predicted octanol–water partition coefficient (Wildman–Crippen LogP) is 2.90. The molecule has 2 heterocycles. The first kappa shape index (κ1) is 13.9. The molecule has 0 saturated carbocycles. The zero-order valence-electron chi connectivity index (χ0n) is 12.0. The van der Waals surface area contributed by atoms with Crippen molar-refractivity contribution in [1.29, 1.82) is 0 Å². The van der Waals surface area contributed by atoms with Crippen LogP contribution in [0, 0.1) is 0 Å². The SMILES string of the molecule is COc1cccc(N2CCN(c3ccc(C=O)s3)CC2)c1. The highest BCUT2D eigenvalue weighted by Gasteiger charge is 2.19. The van der Waals surface area contributed by atoms with Crippen LogP contribution in [0.5, 0.6) is 5.75 Å². The number of ether oxygens (including phenoxy) is 1. The van der Waals surface area contributed by atoms with Crippen LogP contribution in [0.2, 0.25) is 0 Å². The molecule has 1 aromatic heterocycles. The van der Waals surface area contributed by atoms with Crippen LogP contribution in [0.15, 0.2) is 36.4 Å². The molecule has 0 bridgehead atoms. The molecule has 4 nitrogen and oxygen atoms in total. The highest BCUT2D eigenvalue weighted by atomic mass is 32.1. The fourth-order valence-corrected chi connectivity index (χ4v) is 3.44. The van der Waals surface area contributed by atoms with Crippen molar-refractivity contribution in [2.45, 2.75) is 0 Å². The maximum atomic E-state index is 10.8. The standard InChI is InChI=1S/C16H18N2O2S/c1-20-14-4-2-3-13(11-14)17-7-9-18(10-8-17)16-6-5-15(12-19)21-16/h2-6,11-12H,7-10H2,1H3. The van der Waals surface area contributed by atoms with E-state index in [0.29, 0.717) is 0 Å². The Kier molecular flexibility index (Phi) is 4.10. The fraction of sp³-hybridized carbons (Fsp3) is 0.312. The number of hydrogen-bond donors (Lipinski definition) is 0. The third-order valence-corrected chi connectivity index (χ3v) is 4.81. The van der Waals surface area contributed by atoms with E-state index in [-0.39, 0.29) is 0 Å². The van der Waals surface area contributed by atoms with Crippen LogP contribution in [0.3, 0.4) is 0 Å². The largest absolute Gasteiger partial charge is 0.497 e. The summed E-state index contributed by atoms with van der Waals surface area (Å²) < 4.78 is 5.28. The van der Waals surface area contributed by atoms with E-state index < -0.39 is 0 Å². The number of aldehydes is 1. The van der Waals surface area contributed by atoms with Crippen molar-refractivity contribution in [2.75, 3.05) is 43.1 Å². The minimum Gasteiger partial charge on any atom is -0.497 e. The Morgan fingerprint density at radius 3 is 2.52 bits per heavy atom. The molecule has 1 fully saturated rings. The number of carbonyl (C=O) groups is 1. The van der Waals surface area contributed by atoms with E-state index in [1.165, 1.54) is 10.7 Å². The lowest BCUT2D eigenvalue weighted by Crippen LogP contribution is -2.46. The molecule has 1 aliphatic heterocycles. The van der Waals surface area contributed by atoms with Crippen LogP contribution in [0.4, 0.5) is 10.7 Å². The summed E-state index contributed by atoms with van der Waals surface area (Å²) in [5, 5.41) is 1.18. The van der Waals surface area contributed by atoms with Crippen LogP contribution >= 0.6 is 11.3 Å². The number of benzene rings is 1. The quantitative estimate of drug-likeness (QED) is 0.813. The van der Waals surface area contributed by atoms with Crippen molar-refractivity contribution in [2.24, 2.45) is 0 Å². The van der Waals surface area contributed by atoms with Gasteiger partial charge in [-0.1, -0.05) is 6.07 Å². The Morgan fingerprint density at radius 2 is 1.86 bits per heavy atom. The molecule has 0 spiro atoms. The summed E-state index contributed by atoms with van der Waals surface area (Å²) in [6, 6.07) is 12.1. The Labute approximate surface area is 128 Å². The molecular formula is C16H18N2O2S. The van der Waals surface area contributed by atoms with E-state index in [1.54, 1.807) is 18.4 Å². The van der Waals surface area contributed by atoms with Gasteiger partial charge < -0.3 is 14.5 Å². The average molecular weight is 302 g/mol. The molecule has 3 rings (SSSR count). The second kappa shape index (κ2) is 6.18. The first-order valence-electron chi connectivity index (χ1n) is 6.99. The lowest BCUT2D eigenvalue weighted by atomic mass is 10.2. The molecule has 1 saturated heterocycles. The number of piperazine rings is 1. The van der Waals surface area contributed by atoms with Crippen LogP contribution in [0.1, 0.15) is 9.67 Å². The molecule has 110 valence electrons. The third kappa shape index (κ3) is 3.03. The van der Waals surface area contributed by atoms with Gasteiger partial charge in [-0.05, 0) is 24.3 Å². The molecule has 5 heteroatoms. The number of rotatable bonds is 4. The van der Waals surface area contributed by atoms with Gasteiger partial charge in [0.2, 0.25) is 0 Å². The van der Waals surface area contributed by atoms with Gasteiger partial charge >= 0.3 is 0 Å². The monoisotopic (exact) mass is 302 g/mol. The molecule has 0 unspecified atom stereocenters. The zero-order chi connectivity index (χ0) is 14.7. The van der Waals surface area contributed by atoms with Crippen molar-refractivity contribution < 1.29 is 9.53 Å². The Hall–Kier alpha value is -2.01. The zero-order valence-corrected chi connectivity index (χ0v) is 12.8. The molecular weight excluding hydrogens is 284 g/mol. The summed E-state index contributed by atoms with van der Waals surface area (Å²) in [6.45, 7) is 3.88. The minimum absolute atomic E-state index is 0.792. The smallest absolute Gasteiger partial charge is 0.160 e. The van der Waals surface area contributed by atoms with E-state index in [4.69, 9.17) is 4.74 Å². The summed E-state index contributed by atoms with van der Waals surface area (Å²) in [6.07, 6.45) is 0.917. The second-order valence-corrected chi connectivity index (χ2v) is 6.06. The van der Waals surface area contributed by atoms with Gasteiger partial charge in [0.05, 0.1) is 17.0 Å². The Bertz CT molecular complexity index is 618. The van der Waals surface area contributed by atoms with E-state index in [9.17, 15) is 4.79 Å². The van der Waals surface area contributed by atoms with Gasteiger partial charge in [0.1, 0.15) is 5.75 Å². The Morgan fingerprint density at radius 1 is 1.10 bits per heavy atom. The molecule has 21 heavy (non-hydrogen) atoms. The number of thiophene rings is 1. The van der Waals surface area contributed by atoms with Gasteiger partial charge in [-0.3, -0.25) is 4.79 Å².